The molecule has 1 rings (SSSR count). The summed E-state index contributed by atoms with van der Waals surface area (Å²) in [5.41, 5.74) is 0. The van der Waals surface area contributed by atoms with Gasteiger partial charge in [0.25, 0.3) is 0 Å². The zero-order valence-electron chi connectivity index (χ0n) is 10.3. The molecular formula is C11H19N3O3. The van der Waals surface area contributed by atoms with E-state index in [2.05, 4.69) is 10.6 Å². The van der Waals surface area contributed by atoms with E-state index in [0.29, 0.717) is 6.54 Å². The highest BCUT2D eigenvalue weighted by molar-refractivity contribution is 5.89. The molecule has 17 heavy (non-hydrogen) atoms. The number of hydrogen-bond acceptors (Lipinski definition) is 3. The molecule has 1 saturated carbocycles. The summed E-state index contributed by atoms with van der Waals surface area (Å²) in [6.45, 7) is 2.34. The Morgan fingerprint density at radius 3 is 2.41 bits per heavy atom. The van der Waals surface area contributed by atoms with Crippen LogP contribution in [-0.4, -0.2) is 49.3 Å². The van der Waals surface area contributed by atoms with Crippen molar-refractivity contribution in [3.05, 3.63) is 0 Å². The number of amides is 3. The molecule has 0 spiro atoms. The molecule has 1 fully saturated rings. The Bertz CT molecular complexity index is 313. The van der Waals surface area contributed by atoms with Gasteiger partial charge in [-0.3, -0.25) is 14.4 Å². The second kappa shape index (κ2) is 6.22. The summed E-state index contributed by atoms with van der Waals surface area (Å²) in [6, 6.07) is 0. The van der Waals surface area contributed by atoms with Crippen LogP contribution in [0.1, 0.15) is 19.8 Å². The molecular weight excluding hydrogens is 222 g/mol. The van der Waals surface area contributed by atoms with Gasteiger partial charge in [0.1, 0.15) is 0 Å². The van der Waals surface area contributed by atoms with E-state index in [1.165, 1.54) is 4.90 Å². The summed E-state index contributed by atoms with van der Waals surface area (Å²) in [7, 11) is 1.54. The van der Waals surface area contributed by atoms with Crippen LogP contribution in [0, 0.1) is 5.92 Å². The maximum Gasteiger partial charge on any atom is 0.242 e. The lowest BCUT2D eigenvalue weighted by Crippen LogP contribution is -2.43. The molecule has 1 aliphatic carbocycles. The van der Waals surface area contributed by atoms with Gasteiger partial charge in [0.15, 0.2) is 0 Å². The Labute approximate surface area is 101 Å². The summed E-state index contributed by atoms with van der Waals surface area (Å²) in [5, 5.41) is 5.17. The highest BCUT2D eigenvalue weighted by Crippen LogP contribution is 2.28. The van der Waals surface area contributed by atoms with Crippen molar-refractivity contribution in [3.63, 3.8) is 0 Å². The Kier molecular flexibility index (Phi) is 4.93. The highest BCUT2D eigenvalue weighted by atomic mass is 16.2. The lowest BCUT2D eigenvalue weighted by Gasteiger charge is -2.16. The first kappa shape index (κ1) is 13.5. The van der Waals surface area contributed by atoms with Gasteiger partial charge in [0.05, 0.1) is 13.1 Å². The molecule has 0 atom stereocenters. The first-order valence-corrected chi connectivity index (χ1v) is 5.83. The third-order valence-electron chi connectivity index (χ3n) is 2.54. The first-order chi connectivity index (χ1) is 8.04. The van der Waals surface area contributed by atoms with Gasteiger partial charge in [-0.1, -0.05) is 0 Å². The maximum atomic E-state index is 11.6. The quantitative estimate of drug-likeness (QED) is 0.633. The summed E-state index contributed by atoms with van der Waals surface area (Å²) >= 11 is 0. The predicted molar refractivity (Wildman–Crippen MR) is 62.1 cm³/mol. The van der Waals surface area contributed by atoms with Crippen molar-refractivity contribution in [2.75, 3.05) is 26.7 Å². The van der Waals surface area contributed by atoms with Gasteiger partial charge in [0.2, 0.25) is 17.7 Å². The third-order valence-corrected chi connectivity index (χ3v) is 2.54. The van der Waals surface area contributed by atoms with Crippen LogP contribution in [0.3, 0.4) is 0 Å². The maximum absolute atomic E-state index is 11.6. The van der Waals surface area contributed by atoms with Gasteiger partial charge >= 0.3 is 0 Å². The van der Waals surface area contributed by atoms with Crippen LogP contribution < -0.4 is 10.6 Å². The van der Waals surface area contributed by atoms with E-state index in [4.69, 9.17) is 0 Å². The molecule has 0 aliphatic heterocycles. The standard InChI is InChI=1S/C11H19N3O3/c1-3-12-9(15)7-14(2)10(16)6-13-11(17)8-4-5-8/h8H,3-7H2,1-2H3,(H,12,15)(H,13,17). The van der Waals surface area contributed by atoms with Gasteiger partial charge in [-0.15, -0.1) is 0 Å². The van der Waals surface area contributed by atoms with Crippen LogP contribution >= 0.6 is 0 Å². The van der Waals surface area contributed by atoms with Gasteiger partial charge in [0, 0.05) is 19.5 Å². The van der Waals surface area contributed by atoms with Crippen molar-refractivity contribution >= 4 is 17.7 Å². The van der Waals surface area contributed by atoms with Crippen LogP contribution in [0.4, 0.5) is 0 Å². The van der Waals surface area contributed by atoms with Crippen molar-refractivity contribution in [3.8, 4) is 0 Å². The SMILES string of the molecule is CCNC(=O)CN(C)C(=O)CNC(=O)C1CC1. The van der Waals surface area contributed by atoms with E-state index in [9.17, 15) is 14.4 Å². The number of carbonyl (C=O) groups is 3. The first-order valence-electron chi connectivity index (χ1n) is 5.83. The molecule has 3 amide bonds. The Morgan fingerprint density at radius 2 is 1.88 bits per heavy atom. The van der Waals surface area contributed by atoms with Crippen LogP contribution in [0.2, 0.25) is 0 Å². The van der Waals surface area contributed by atoms with Crippen molar-refractivity contribution in [2.45, 2.75) is 19.8 Å². The second-order valence-corrected chi connectivity index (χ2v) is 4.20. The molecule has 0 aromatic carbocycles. The lowest BCUT2D eigenvalue weighted by atomic mass is 10.4. The zero-order chi connectivity index (χ0) is 12.8. The topological polar surface area (TPSA) is 78.5 Å². The van der Waals surface area contributed by atoms with Gasteiger partial charge in [-0.2, -0.15) is 0 Å². The number of likely N-dealkylation sites (N-methyl/N-ethyl adjacent to an activating group) is 2. The summed E-state index contributed by atoms with van der Waals surface area (Å²) in [5.74, 6) is -0.427. The summed E-state index contributed by atoms with van der Waals surface area (Å²) in [4.78, 5) is 35.4. The lowest BCUT2D eigenvalue weighted by molar-refractivity contribution is -0.135. The normalized spacial score (nSPS) is 14.0. The average molecular weight is 241 g/mol. The molecule has 0 unspecified atom stereocenters. The third kappa shape index (κ3) is 4.84. The van der Waals surface area contributed by atoms with Crippen LogP contribution in [-0.2, 0) is 14.4 Å². The number of nitrogens with zero attached hydrogens (tertiary/aromatic N) is 1. The number of nitrogens with one attached hydrogen (secondary N) is 2. The Balaban J connectivity index is 2.21. The molecule has 0 heterocycles. The molecule has 6 nitrogen and oxygen atoms in total. The zero-order valence-corrected chi connectivity index (χ0v) is 10.3. The number of hydrogen-bond donors (Lipinski definition) is 2. The van der Waals surface area contributed by atoms with Crippen molar-refractivity contribution in [1.82, 2.24) is 15.5 Å². The van der Waals surface area contributed by atoms with Crippen LogP contribution in [0.5, 0.6) is 0 Å². The fraction of sp³-hybridized carbons (Fsp3) is 0.727. The van der Waals surface area contributed by atoms with E-state index in [0.717, 1.165) is 12.8 Å². The van der Waals surface area contributed by atoms with Crippen molar-refractivity contribution in [2.24, 2.45) is 5.92 Å². The summed E-state index contributed by atoms with van der Waals surface area (Å²) in [6.07, 6.45) is 1.82. The molecule has 2 N–H and O–H groups in total. The van der Waals surface area contributed by atoms with Crippen molar-refractivity contribution in [1.29, 1.82) is 0 Å². The smallest absolute Gasteiger partial charge is 0.242 e. The fourth-order valence-electron chi connectivity index (χ4n) is 1.34. The molecule has 0 bridgehead atoms. The predicted octanol–water partition coefficient (Wildman–Crippen LogP) is -0.893. The van der Waals surface area contributed by atoms with E-state index in [1.807, 2.05) is 6.92 Å². The van der Waals surface area contributed by atoms with Crippen LogP contribution in [0.15, 0.2) is 0 Å². The Hall–Kier alpha value is -1.59. The highest BCUT2D eigenvalue weighted by Gasteiger charge is 2.29. The molecule has 0 saturated heterocycles. The molecule has 0 aromatic rings. The van der Waals surface area contributed by atoms with E-state index < -0.39 is 0 Å². The van der Waals surface area contributed by atoms with Gasteiger partial charge in [-0.25, -0.2) is 0 Å². The molecule has 96 valence electrons. The minimum atomic E-state index is -0.259. The number of rotatable bonds is 6. The number of carbonyl (C=O) groups excluding carboxylic acids is 3. The van der Waals surface area contributed by atoms with Gasteiger partial charge < -0.3 is 15.5 Å². The second-order valence-electron chi connectivity index (χ2n) is 4.20. The molecule has 6 heteroatoms. The average Bonchev–Trinajstić information content (AvgIpc) is 3.09. The molecule has 0 radical (unpaired) electrons. The fourth-order valence-corrected chi connectivity index (χ4v) is 1.34. The van der Waals surface area contributed by atoms with Crippen molar-refractivity contribution < 1.29 is 14.4 Å². The minimum Gasteiger partial charge on any atom is -0.355 e. The summed E-state index contributed by atoms with van der Waals surface area (Å²) < 4.78 is 0. The Morgan fingerprint density at radius 1 is 1.24 bits per heavy atom. The largest absolute Gasteiger partial charge is 0.355 e. The van der Waals surface area contributed by atoms with Gasteiger partial charge in [-0.05, 0) is 19.8 Å². The molecule has 0 aromatic heterocycles. The van der Waals surface area contributed by atoms with Crippen LogP contribution in [0.25, 0.3) is 0 Å². The monoisotopic (exact) mass is 241 g/mol. The van der Waals surface area contributed by atoms with E-state index in [1.54, 1.807) is 7.05 Å². The minimum absolute atomic E-state index is 0.0198. The molecule has 1 aliphatic rings. The van der Waals surface area contributed by atoms with E-state index in [-0.39, 0.29) is 36.7 Å². The van der Waals surface area contributed by atoms with E-state index >= 15 is 0 Å².